The van der Waals surface area contributed by atoms with Gasteiger partial charge in [-0.05, 0) is 11.5 Å². The first-order chi connectivity index (χ1) is 8.59. The molecule has 18 heavy (non-hydrogen) atoms. The summed E-state index contributed by atoms with van der Waals surface area (Å²) >= 11 is 0. The van der Waals surface area contributed by atoms with Crippen LogP contribution in [0, 0.1) is 0 Å². The Morgan fingerprint density at radius 2 is 1.33 bits per heavy atom. The Morgan fingerprint density at radius 1 is 0.833 bits per heavy atom. The van der Waals surface area contributed by atoms with Gasteiger partial charge in [-0.2, -0.15) is 8.42 Å². The highest BCUT2D eigenvalue weighted by Crippen LogP contribution is 2.21. The van der Waals surface area contributed by atoms with Gasteiger partial charge in [-0.25, -0.2) is 0 Å². The molecule has 0 unspecified atom stereocenters. The Morgan fingerprint density at radius 3 is 1.89 bits per heavy atom. The van der Waals surface area contributed by atoms with Crippen molar-refractivity contribution < 1.29 is 13.0 Å². The average molecular weight is 268 g/mol. The average Bonchev–Trinajstić information content (AvgIpc) is 2.41. The molecule has 0 aliphatic rings. The topological polar surface area (TPSA) is 54.4 Å². The smallest absolute Gasteiger partial charge is 0.282 e. The Hall–Kier alpha value is -1.39. The van der Waals surface area contributed by atoms with E-state index in [1.165, 1.54) is 6.07 Å². The third-order valence-electron chi connectivity index (χ3n) is 2.03. The van der Waals surface area contributed by atoms with Gasteiger partial charge < -0.3 is 0 Å². The molecule has 4 heteroatoms. The van der Waals surface area contributed by atoms with Crippen molar-refractivity contribution in [2.75, 3.05) is 0 Å². The van der Waals surface area contributed by atoms with Crippen molar-refractivity contribution in [1.29, 1.82) is 0 Å². The molecule has 1 N–H and O–H groups in total. The zero-order chi connectivity index (χ0) is 14.2. The minimum Gasteiger partial charge on any atom is -0.282 e. The van der Waals surface area contributed by atoms with Crippen molar-refractivity contribution in [3.05, 3.63) is 42.5 Å². The monoisotopic (exact) mass is 268 g/mol. The fourth-order valence-corrected chi connectivity index (χ4v) is 2.13. The lowest BCUT2D eigenvalue weighted by Gasteiger charge is -2.02. The Labute approximate surface area is 109 Å². The van der Waals surface area contributed by atoms with Crippen LogP contribution in [0.25, 0.3) is 10.8 Å². The predicted octanol–water partition coefficient (Wildman–Crippen LogP) is 4.14. The lowest BCUT2D eigenvalue weighted by Crippen LogP contribution is -1.98. The van der Waals surface area contributed by atoms with E-state index in [9.17, 15) is 8.42 Å². The van der Waals surface area contributed by atoms with Crippen LogP contribution in [0.15, 0.2) is 47.4 Å². The molecule has 0 aromatic heterocycles. The molecule has 3 nitrogen and oxygen atoms in total. The summed E-state index contributed by atoms with van der Waals surface area (Å²) in [6.45, 7) is 8.00. The third-order valence-corrected chi connectivity index (χ3v) is 2.94. The molecule has 0 aliphatic carbocycles. The summed E-state index contributed by atoms with van der Waals surface area (Å²) < 4.78 is 31.0. The Kier molecular flexibility index (Phi) is 7.24. The van der Waals surface area contributed by atoms with Crippen LogP contribution in [0.2, 0.25) is 0 Å². The summed E-state index contributed by atoms with van der Waals surface area (Å²) in [5, 5.41) is 1.33. The highest BCUT2D eigenvalue weighted by Gasteiger charge is 2.12. The second-order valence-corrected chi connectivity index (χ2v) is 4.34. The third kappa shape index (κ3) is 4.13. The van der Waals surface area contributed by atoms with Crippen LogP contribution in [0.5, 0.6) is 0 Å². The molecule has 0 aliphatic heterocycles. The molecular weight excluding hydrogens is 248 g/mol. The van der Waals surface area contributed by atoms with Gasteiger partial charge in [0.2, 0.25) is 0 Å². The quantitative estimate of drug-likeness (QED) is 0.791. The highest BCUT2D eigenvalue weighted by atomic mass is 32.2. The van der Waals surface area contributed by atoms with Gasteiger partial charge in [-0.15, -0.1) is 0 Å². The molecular formula is C14H20O3S. The van der Waals surface area contributed by atoms with Crippen LogP contribution in [0.4, 0.5) is 0 Å². The van der Waals surface area contributed by atoms with Crippen LogP contribution in [-0.4, -0.2) is 13.0 Å². The van der Waals surface area contributed by atoms with E-state index in [1.54, 1.807) is 30.3 Å². The normalized spacial score (nSPS) is 9.83. The fraction of sp³-hybridized carbons (Fsp3) is 0.286. The van der Waals surface area contributed by atoms with Gasteiger partial charge in [0.1, 0.15) is 4.90 Å². The molecule has 0 fully saturated rings. The van der Waals surface area contributed by atoms with Gasteiger partial charge in [0.25, 0.3) is 10.1 Å². The van der Waals surface area contributed by atoms with Crippen LogP contribution in [-0.2, 0) is 10.1 Å². The number of fused-ring (bicyclic) bond motifs is 1. The van der Waals surface area contributed by atoms with E-state index in [-0.39, 0.29) is 4.90 Å². The maximum atomic E-state index is 11.0. The second-order valence-electron chi connectivity index (χ2n) is 2.95. The Bertz CT molecular complexity index is 569. The van der Waals surface area contributed by atoms with Crippen molar-refractivity contribution in [1.82, 2.24) is 0 Å². The largest absolute Gasteiger partial charge is 0.295 e. The predicted molar refractivity (Wildman–Crippen MR) is 76.5 cm³/mol. The lowest BCUT2D eigenvalue weighted by atomic mass is 10.1. The number of rotatable bonds is 1. The van der Waals surface area contributed by atoms with Gasteiger partial charge in [0, 0.05) is 5.39 Å². The van der Waals surface area contributed by atoms with Crippen LogP contribution >= 0.6 is 0 Å². The molecule has 0 saturated heterocycles. The van der Waals surface area contributed by atoms with Gasteiger partial charge in [0.15, 0.2) is 0 Å². The number of benzene rings is 2. The molecule has 0 saturated carbocycles. The molecule has 0 heterocycles. The first-order valence-corrected chi connectivity index (χ1v) is 7.48. The molecule has 2 aromatic rings. The number of hydrogen-bond acceptors (Lipinski definition) is 2. The van der Waals surface area contributed by atoms with E-state index in [0.717, 1.165) is 5.39 Å². The van der Waals surface area contributed by atoms with E-state index >= 15 is 0 Å². The first kappa shape index (κ1) is 16.6. The maximum Gasteiger partial charge on any atom is 0.295 e. The fourth-order valence-electron chi connectivity index (χ4n) is 1.42. The van der Waals surface area contributed by atoms with Crippen LogP contribution < -0.4 is 0 Å². The summed E-state index contributed by atoms with van der Waals surface area (Å²) in [6.07, 6.45) is 0. The van der Waals surface area contributed by atoms with Crippen molar-refractivity contribution in [3.8, 4) is 0 Å². The minimum atomic E-state index is -4.13. The molecule has 0 atom stereocenters. The Balaban J connectivity index is 0.000000659. The SMILES string of the molecule is CC.CC.O=S(=O)(O)c1cccc2ccccc12. The molecule has 0 bridgehead atoms. The van der Waals surface area contributed by atoms with Crippen molar-refractivity contribution in [3.63, 3.8) is 0 Å². The zero-order valence-electron chi connectivity index (χ0n) is 11.2. The van der Waals surface area contributed by atoms with E-state index in [0.29, 0.717) is 5.39 Å². The number of hydrogen-bond donors (Lipinski definition) is 1. The highest BCUT2D eigenvalue weighted by molar-refractivity contribution is 7.86. The molecule has 2 aromatic carbocycles. The summed E-state index contributed by atoms with van der Waals surface area (Å²) in [5.74, 6) is 0. The van der Waals surface area contributed by atoms with Crippen molar-refractivity contribution >= 4 is 20.9 Å². The molecule has 0 spiro atoms. The standard InChI is InChI=1S/C10H8O3S.2C2H6/c11-14(12,13)10-7-3-5-8-4-1-2-6-9(8)10;2*1-2/h1-7H,(H,11,12,13);2*1-2H3. The molecule has 0 radical (unpaired) electrons. The maximum absolute atomic E-state index is 11.0. The summed E-state index contributed by atoms with van der Waals surface area (Å²) in [4.78, 5) is -0.0457. The van der Waals surface area contributed by atoms with Gasteiger partial charge in [-0.1, -0.05) is 64.1 Å². The molecule has 2 rings (SSSR count). The summed E-state index contributed by atoms with van der Waals surface area (Å²) in [7, 11) is -4.13. The van der Waals surface area contributed by atoms with Crippen LogP contribution in [0.3, 0.4) is 0 Å². The molecule has 100 valence electrons. The zero-order valence-corrected chi connectivity index (χ0v) is 12.0. The first-order valence-electron chi connectivity index (χ1n) is 6.04. The van der Waals surface area contributed by atoms with Crippen molar-refractivity contribution in [2.45, 2.75) is 32.6 Å². The minimum absolute atomic E-state index is 0.0457. The van der Waals surface area contributed by atoms with Gasteiger partial charge >= 0.3 is 0 Å². The molecule has 0 amide bonds. The van der Waals surface area contributed by atoms with E-state index in [4.69, 9.17) is 4.55 Å². The van der Waals surface area contributed by atoms with E-state index < -0.39 is 10.1 Å². The van der Waals surface area contributed by atoms with Gasteiger partial charge in [-0.3, -0.25) is 4.55 Å². The summed E-state index contributed by atoms with van der Waals surface area (Å²) in [5.41, 5.74) is 0. The lowest BCUT2D eigenvalue weighted by molar-refractivity contribution is 0.484. The summed E-state index contributed by atoms with van der Waals surface area (Å²) in [6, 6.07) is 11.8. The van der Waals surface area contributed by atoms with Crippen molar-refractivity contribution in [2.24, 2.45) is 0 Å². The van der Waals surface area contributed by atoms with Gasteiger partial charge in [0.05, 0.1) is 0 Å². The van der Waals surface area contributed by atoms with E-state index in [1.807, 2.05) is 33.8 Å². The van der Waals surface area contributed by atoms with E-state index in [2.05, 4.69) is 0 Å². The van der Waals surface area contributed by atoms with Crippen LogP contribution in [0.1, 0.15) is 27.7 Å². The second kappa shape index (κ2) is 7.84.